The fourth-order valence-electron chi connectivity index (χ4n) is 3.91. The Morgan fingerprint density at radius 1 is 1.30 bits per heavy atom. The molecule has 0 fully saturated rings. The maximum absolute atomic E-state index is 13.6. The summed E-state index contributed by atoms with van der Waals surface area (Å²) in [5, 5.41) is 0. The minimum absolute atomic E-state index is 0.107. The molecule has 1 heterocycles. The highest BCUT2D eigenvalue weighted by Crippen LogP contribution is 2.48. The molecule has 0 N–H and O–H groups in total. The van der Waals surface area contributed by atoms with E-state index >= 15 is 0 Å². The Hall–Kier alpha value is -1.31. The van der Waals surface area contributed by atoms with Crippen LogP contribution in [0.15, 0.2) is 29.8 Å². The van der Waals surface area contributed by atoms with Gasteiger partial charge in [0, 0.05) is 24.2 Å². The lowest BCUT2D eigenvalue weighted by Crippen LogP contribution is -2.33. The average molecular weight is 273 g/mol. The largest absolute Gasteiger partial charge is 0.370 e. The van der Waals surface area contributed by atoms with Crippen LogP contribution in [0.25, 0.3) is 0 Å². The van der Waals surface area contributed by atoms with Crippen molar-refractivity contribution >= 4 is 5.69 Å². The van der Waals surface area contributed by atoms with Gasteiger partial charge < -0.3 is 4.90 Å². The Balaban J connectivity index is 1.99. The molecule has 2 heteroatoms. The normalized spacial score (nSPS) is 25.6. The molecule has 1 spiro atoms. The summed E-state index contributed by atoms with van der Waals surface area (Å²) in [7, 11) is 0. The SMILES string of the molecule is CCCN1CC2(CCC=C(C)CC2)c2ccc(F)cc21. The summed E-state index contributed by atoms with van der Waals surface area (Å²) in [5.74, 6) is -0.107. The summed E-state index contributed by atoms with van der Waals surface area (Å²) in [6.45, 7) is 6.54. The molecule has 0 saturated heterocycles. The average Bonchev–Trinajstić information content (AvgIpc) is 2.58. The van der Waals surface area contributed by atoms with Gasteiger partial charge in [0.2, 0.25) is 0 Å². The Kier molecular flexibility index (Phi) is 3.57. The highest BCUT2D eigenvalue weighted by atomic mass is 19.1. The summed E-state index contributed by atoms with van der Waals surface area (Å²) in [5.41, 5.74) is 4.29. The number of hydrogen-bond donors (Lipinski definition) is 0. The lowest BCUT2D eigenvalue weighted by atomic mass is 9.75. The van der Waals surface area contributed by atoms with E-state index in [1.54, 1.807) is 12.1 Å². The molecule has 0 aromatic heterocycles. The van der Waals surface area contributed by atoms with Crippen molar-refractivity contribution in [3.63, 3.8) is 0 Å². The Morgan fingerprint density at radius 3 is 2.95 bits per heavy atom. The van der Waals surface area contributed by atoms with Gasteiger partial charge >= 0.3 is 0 Å². The molecule has 1 aromatic rings. The number of nitrogens with zero attached hydrogens (tertiary/aromatic N) is 1. The van der Waals surface area contributed by atoms with E-state index in [0.29, 0.717) is 0 Å². The van der Waals surface area contributed by atoms with E-state index in [0.717, 1.165) is 31.6 Å². The van der Waals surface area contributed by atoms with E-state index in [9.17, 15) is 4.39 Å². The van der Waals surface area contributed by atoms with Crippen LogP contribution < -0.4 is 4.90 Å². The van der Waals surface area contributed by atoms with Gasteiger partial charge in [0.05, 0.1) is 0 Å². The van der Waals surface area contributed by atoms with Crippen molar-refractivity contribution in [2.24, 2.45) is 0 Å². The third kappa shape index (κ3) is 2.25. The van der Waals surface area contributed by atoms with Crippen LogP contribution in [0.3, 0.4) is 0 Å². The van der Waals surface area contributed by atoms with Crippen LogP contribution in [0, 0.1) is 5.82 Å². The number of hydrogen-bond acceptors (Lipinski definition) is 1. The molecule has 1 nitrogen and oxygen atoms in total. The molecule has 1 atom stereocenters. The van der Waals surface area contributed by atoms with Crippen molar-refractivity contribution < 1.29 is 4.39 Å². The van der Waals surface area contributed by atoms with E-state index in [-0.39, 0.29) is 11.2 Å². The van der Waals surface area contributed by atoms with Gasteiger partial charge in [-0.3, -0.25) is 0 Å². The van der Waals surface area contributed by atoms with Gasteiger partial charge in [-0.15, -0.1) is 0 Å². The van der Waals surface area contributed by atoms with Crippen LogP contribution in [-0.4, -0.2) is 13.1 Å². The molecule has 0 amide bonds. The van der Waals surface area contributed by atoms with Crippen molar-refractivity contribution in [3.8, 4) is 0 Å². The zero-order chi connectivity index (χ0) is 14.2. The second-order valence-electron chi connectivity index (χ2n) is 6.45. The molecular formula is C18H24FN. The fraction of sp³-hybridized carbons (Fsp3) is 0.556. The van der Waals surface area contributed by atoms with Gasteiger partial charge in [0.1, 0.15) is 5.82 Å². The standard InChI is InChI=1S/C18H24FN/c1-3-11-20-13-18(9-4-5-14(2)8-10-18)16-7-6-15(19)12-17(16)20/h5-7,12H,3-4,8-11,13H2,1-2H3. The summed E-state index contributed by atoms with van der Waals surface area (Å²) in [4.78, 5) is 2.40. The molecule has 108 valence electrons. The zero-order valence-corrected chi connectivity index (χ0v) is 12.6. The second-order valence-corrected chi connectivity index (χ2v) is 6.45. The fourth-order valence-corrected chi connectivity index (χ4v) is 3.91. The van der Waals surface area contributed by atoms with E-state index in [1.807, 2.05) is 6.07 Å². The third-order valence-corrected chi connectivity index (χ3v) is 4.97. The lowest BCUT2D eigenvalue weighted by Gasteiger charge is -2.29. The second kappa shape index (κ2) is 5.23. The molecule has 0 bridgehead atoms. The van der Waals surface area contributed by atoms with Gasteiger partial charge in [-0.1, -0.05) is 24.6 Å². The number of fused-ring (bicyclic) bond motifs is 2. The van der Waals surface area contributed by atoms with Crippen LogP contribution >= 0.6 is 0 Å². The van der Waals surface area contributed by atoms with E-state index in [2.05, 4.69) is 24.8 Å². The molecule has 1 unspecified atom stereocenters. The van der Waals surface area contributed by atoms with Crippen molar-refractivity contribution in [3.05, 3.63) is 41.2 Å². The summed E-state index contributed by atoms with van der Waals surface area (Å²) in [6, 6.07) is 5.42. The molecule has 3 rings (SSSR count). The molecule has 1 aliphatic heterocycles. The molecular weight excluding hydrogens is 249 g/mol. The molecule has 2 aliphatic rings. The van der Waals surface area contributed by atoms with Gasteiger partial charge in [-0.05, 0) is 56.7 Å². The van der Waals surface area contributed by atoms with Crippen LogP contribution in [0.1, 0.15) is 51.5 Å². The topological polar surface area (TPSA) is 3.24 Å². The van der Waals surface area contributed by atoms with Crippen LogP contribution in [0.4, 0.5) is 10.1 Å². The predicted molar refractivity (Wildman–Crippen MR) is 82.8 cm³/mol. The lowest BCUT2D eigenvalue weighted by molar-refractivity contribution is 0.396. The first-order valence-electron chi connectivity index (χ1n) is 7.85. The first kappa shape index (κ1) is 13.7. The quantitative estimate of drug-likeness (QED) is 0.699. The minimum Gasteiger partial charge on any atom is -0.370 e. The molecule has 20 heavy (non-hydrogen) atoms. The first-order chi connectivity index (χ1) is 9.64. The van der Waals surface area contributed by atoms with E-state index in [1.165, 1.54) is 30.4 Å². The summed E-state index contributed by atoms with van der Waals surface area (Å²) >= 11 is 0. The maximum Gasteiger partial charge on any atom is 0.125 e. The van der Waals surface area contributed by atoms with Gasteiger partial charge in [-0.2, -0.15) is 0 Å². The van der Waals surface area contributed by atoms with Crippen molar-refractivity contribution in [2.75, 3.05) is 18.0 Å². The van der Waals surface area contributed by atoms with Crippen LogP contribution in [0.5, 0.6) is 0 Å². The number of allylic oxidation sites excluding steroid dienone is 2. The van der Waals surface area contributed by atoms with Crippen LogP contribution in [-0.2, 0) is 5.41 Å². The van der Waals surface area contributed by atoms with Gasteiger partial charge in [0.25, 0.3) is 0 Å². The Morgan fingerprint density at radius 2 is 2.15 bits per heavy atom. The summed E-state index contributed by atoms with van der Waals surface area (Å²) in [6.07, 6.45) is 8.24. The monoisotopic (exact) mass is 273 g/mol. The van der Waals surface area contributed by atoms with Crippen molar-refractivity contribution in [1.29, 1.82) is 0 Å². The van der Waals surface area contributed by atoms with Gasteiger partial charge in [0.15, 0.2) is 0 Å². The van der Waals surface area contributed by atoms with E-state index in [4.69, 9.17) is 0 Å². The highest BCUT2D eigenvalue weighted by Gasteiger charge is 2.42. The molecule has 1 aromatic carbocycles. The third-order valence-electron chi connectivity index (χ3n) is 4.97. The molecule has 0 saturated carbocycles. The number of rotatable bonds is 2. The Labute approximate surface area is 121 Å². The van der Waals surface area contributed by atoms with Crippen LogP contribution in [0.2, 0.25) is 0 Å². The maximum atomic E-state index is 13.6. The molecule has 0 radical (unpaired) electrons. The number of benzene rings is 1. The highest BCUT2D eigenvalue weighted by molar-refractivity contribution is 5.63. The Bertz CT molecular complexity index is 534. The number of halogens is 1. The van der Waals surface area contributed by atoms with Gasteiger partial charge in [-0.25, -0.2) is 4.39 Å². The minimum atomic E-state index is -0.107. The molecule has 1 aliphatic carbocycles. The first-order valence-corrected chi connectivity index (χ1v) is 7.85. The van der Waals surface area contributed by atoms with Crippen molar-refractivity contribution in [1.82, 2.24) is 0 Å². The predicted octanol–water partition coefficient (Wildman–Crippen LogP) is 4.81. The van der Waals surface area contributed by atoms with E-state index < -0.39 is 0 Å². The number of anilines is 1. The smallest absolute Gasteiger partial charge is 0.125 e. The zero-order valence-electron chi connectivity index (χ0n) is 12.6. The summed E-state index contributed by atoms with van der Waals surface area (Å²) < 4.78 is 13.6. The van der Waals surface area contributed by atoms with Crippen molar-refractivity contribution in [2.45, 2.75) is 51.4 Å².